The van der Waals surface area contributed by atoms with E-state index < -0.39 is 97.5 Å². The molecule has 0 fully saturated rings. The number of esters is 4. The zero-order valence-electron chi connectivity index (χ0n) is 65.1. The van der Waals surface area contributed by atoms with Gasteiger partial charge in [0.25, 0.3) is 0 Å². The monoisotopic (exact) mass is 1450 g/mol. The summed E-state index contributed by atoms with van der Waals surface area (Å²) in [6, 6.07) is 0. The predicted octanol–water partition coefficient (Wildman–Crippen LogP) is 23.6. The number of carbonyl (C=O) groups excluding carboxylic acids is 4. The first-order chi connectivity index (χ1) is 47.6. The smallest absolute Gasteiger partial charge is 0.462 e. The minimum absolute atomic E-state index is 0.105. The number of rotatable bonds is 77. The van der Waals surface area contributed by atoms with Crippen LogP contribution in [0.15, 0.2) is 0 Å². The Balaban J connectivity index is 5.27. The zero-order chi connectivity index (χ0) is 73.1. The van der Waals surface area contributed by atoms with Crippen molar-refractivity contribution in [1.29, 1.82) is 0 Å². The lowest BCUT2D eigenvalue weighted by atomic mass is 9.99. The number of ether oxygens (including phenoxy) is 4. The molecule has 99 heavy (non-hydrogen) atoms. The normalized spacial score (nSPS) is 14.3. The van der Waals surface area contributed by atoms with E-state index in [4.69, 9.17) is 37.0 Å². The molecule has 0 radical (unpaired) electrons. The van der Waals surface area contributed by atoms with E-state index in [-0.39, 0.29) is 25.7 Å². The first kappa shape index (κ1) is 97.1. The van der Waals surface area contributed by atoms with Gasteiger partial charge in [0.2, 0.25) is 0 Å². The molecule has 0 heterocycles. The molecule has 0 saturated heterocycles. The van der Waals surface area contributed by atoms with Crippen LogP contribution < -0.4 is 0 Å². The van der Waals surface area contributed by atoms with Crippen molar-refractivity contribution in [3.05, 3.63) is 0 Å². The van der Waals surface area contributed by atoms with Gasteiger partial charge in [-0.3, -0.25) is 37.3 Å². The Kier molecular flexibility index (Phi) is 67.8. The van der Waals surface area contributed by atoms with Gasteiger partial charge in [0, 0.05) is 25.7 Å². The van der Waals surface area contributed by atoms with Crippen molar-refractivity contribution >= 4 is 39.5 Å². The highest BCUT2D eigenvalue weighted by atomic mass is 31.2. The highest BCUT2D eigenvalue weighted by Crippen LogP contribution is 2.45. The molecule has 19 heteroatoms. The lowest BCUT2D eigenvalue weighted by Gasteiger charge is -2.21. The highest BCUT2D eigenvalue weighted by Gasteiger charge is 2.30. The fourth-order valence-electron chi connectivity index (χ4n) is 12.2. The van der Waals surface area contributed by atoms with Gasteiger partial charge in [-0.05, 0) is 49.4 Å². The molecule has 0 aliphatic heterocycles. The lowest BCUT2D eigenvalue weighted by Crippen LogP contribution is -2.30. The predicted molar refractivity (Wildman–Crippen MR) is 404 cm³/mol. The number of carbonyl (C=O) groups is 4. The van der Waals surface area contributed by atoms with Crippen molar-refractivity contribution in [3.63, 3.8) is 0 Å². The summed E-state index contributed by atoms with van der Waals surface area (Å²) in [7, 11) is -9.92. The summed E-state index contributed by atoms with van der Waals surface area (Å²) in [6.07, 6.45) is 55.4. The summed E-state index contributed by atoms with van der Waals surface area (Å²) in [4.78, 5) is 73.0. The van der Waals surface area contributed by atoms with E-state index in [1.807, 2.05) is 0 Å². The minimum atomic E-state index is -4.96. The average molecular weight is 1450 g/mol. The molecule has 17 nitrogen and oxygen atoms in total. The number of hydrogen-bond acceptors (Lipinski definition) is 15. The van der Waals surface area contributed by atoms with Crippen LogP contribution in [0.3, 0.4) is 0 Å². The molecule has 0 aliphatic carbocycles. The van der Waals surface area contributed by atoms with Gasteiger partial charge < -0.3 is 33.8 Å². The Morgan fingerprint density at radius 2 is 0.485 bits per heavy atom. The molecule has 0 aromatic heterocycles. The second kappa shape index (κ2) is 69.1. The fraction of sp³-hybridized carbons (Fsp3) is 0.950. The molecular weight excluding hydrogens is 1290 g/mol. The Labute approximate surface area is 607 Å². The average Bonchev–Trinajstić information content (AvgIpc) is 1.57. The second-order valence-corrected chi connectivity index (χ2v) is 33.4. The van der Waals surface area contributed by atoms with Gasteiger partial charge in [0.05, 0.1) is 26.4 Å². The van der Waals surface area contributed by atoms with E-state index in [1.54, 1.807) is 0 Å². The SMILES string of the molecule is CCC(C)CCCCCCCCCCC(=O)OC[C@H](COP(=O)(O)OC[C@H](O)COP(=O)(O)OC[C@@H](COC(=O)CCCCCCCCCCCCCCCCC(C)C)OC(=O)CCCCCCCCCCCCCCCCC(C)C)OC(=O)CCCCCCCCCCCCC(C)C. The summed E-state index contributed by atoms with van der Waals surface area (Å²) in [5, 5.41) is 10.6. The van der Waals surface area contributed by atoms with Gasteiger partial charge in [0.1, 0.15) is 19.3 Å². The summed E-state index contributed by atoms with van der Waals surface area (Å²) in [5.41, 5.74) is 0. The maximum Gasteiger partial charge on any atom is 0.472 e. The number of phosphoric ester groups is 2. The van der Waals surface area contributed by atoms with E-state index in [0.29, 0.717) is 25.7 Å². The standard InChI is InChI=1S/C80H156O17P2/c1-9-73(8)59-51-43-35-30-31-37-45-53-61-78(83)91-67-76(97-80(85)63-55-47-39-29-23-22-26-34-42-50-58-72(6)7)69-95-99(88,89)93-65-74(81)64-92-98(86,87)94-68-75(96-79(84)62-54-46-38-28-21-17-13-11-15-19-25-33-41-49-57-71(4)5)66-90-77(82)60-52-44-36-27-20-16-12-10-14-18-24-32-40-48-56-70(2)3/h70-76,81H,9-69H2,1-8H3,(H,86,87)(H,88,89)/t73?,74-,75-,76-/m1/s1. The third kappa shape index (κ3) is 72.8. The maximum absolute atomic E-state index is 13.1. The summed E-state index contributed by atoms with van der Waals surface area (Å²) in [5.74, 6) is 1.01. The van der Waals surface area contributed by atoms with Crippen LogP contribution in [0.5, 0.6) is 0 Å². The molecular formula is C80H156O17P2. The number of unbranched alkanes of at least 4 members (excludes halogenated alkanes) is 42. The highest BCUT2D eigenvalue weighted by molar-refractivity contribution is 7.47. The van der Waals surface area contributed by atoms with Crippen molar-refractivity contribution in [1.82, 2.24) is 0 Å². The largest absolute Gasteiger partial charge is 0.472 e. The first-order valence-corrected chi connectivity index (χ1v) is 44.2. The summed E-state index contributed by atoms with van der Waals surface area (Å²) < 4.78 is 68.7. The van der Waals surface area contributed by atoms with E-state index in [2.05, 4.69) is 55.4 Å². The van der Waals surface area contributed by atoms with Gasteiger partial charge in [-0.25, -0.2) is 9.13 Å². The minimum Gasteiger partial charge on any atom is -0.462 e. The third-order valence-corrected chi connectivity index (χ3v) is 20.8. The first-order valence-electron chi connectivity index (χ1n) is 41.2. The van der Waals surface area contributed by atoms with E-state index >= 15 is 0 Å². The van der Waals surface area contributed by atoms with Crippen LogP contribution in [0.4, 0.5) is 0 Å². The van der Waals surface area contributed by atoms with Gasteiger partial charge in [-0.15, -0.1) is 0 Å². The Morgan fingerprint density at radius 3 is 0.717 bits per heavy atom. The van der Waals surface area contributed by atoms with Crippen molar-refractivity contribution < 1.29 is 80.2 Å². The van der Waals surface area contributed by atoms with Crippen molar-refractivity contribution in [2.24, 2.45) is 23.7 Å². The lowest BCUT2D eigenvalue weighted by molar-refractivity contribution is -0.161. The van der Waals surface area contributed by atoms with Crippen LogP contribution in [-0.4, -0.2) is 96.7 Å². The van der Waals surface area contributed by atoms with Crippen LogP contribution in [0.25, 0.3) is 0 Å². The Morgan fingerprint density at radius 1 is 0.283 bits per heavy atom. The van der Waals surface area contributed by atoms with E-state index in [1.165, 1.54) is 212 Å². The molecule has 0 amide bonds. The van der Waals surface area contributed by atoms with Crippen molar-refractivity contribution in [2.75, 3.05) is 39.6 Å². The van der Waals surface area contributed by atoms with Crippen LogP contribution in [0.2, 0.25) is 0 Å². The van der Waals surface area contributed by atoms with Gasteiger partial charge >= 0.3 is 39.5 Å². The molecule has 0 aromatic carbocycles. The molecule has 3 unspecified atom stereocenters. The van der Waals surface area contributed by atoms with E-state index in [0.717, 1.165) is 114 Å². The van der Waals surface area contributed by atoms with Crippen LogP contribution >= 0.6 is 15.6 Å². The molecule has 0 aromatic rings. The molecule has 0 saturated carbocycles. The molecule has 3 N–H and O–H groups in total. The number of phosphoric acid groups is 2. The Hall–Kier alpha value is -1.94. The second-order valence-electron chi connectivity index (χ2n) is 30.5. The van der Waals surface area contributed by atoms with Gasteiger partial charge in [-0.2, -0.15) is 0 Å². The molecule has 0 spiro atoms. The molecule has 0 rings (SSSR count). The van der Waals surface area contributed by atoms with Crippen LogP contribution in [-0.2, 0) is 65.4 Å². The van der Waals surface area contributed by atoms with Gasteiger partial charge in [-0.1, -0.05) is 357 Å². The van der Waals surface area contributed by atoms with E-state index in [9.17, 15) is 43.2 Å². The summed E-state index contributed by atoms with van der Waals surface area (Å²) >= 11 is 0. The number of hydrogen-bond donors (Lipinski definition) is 3. The topological polar surface area (TPSA) is 237 Å². The quantitative estimate of drug-likeness (QED) is 0.0222. The van der Waals surface area contributed by atoms with Crippen molar-refractivity contribution in [2.45, 2.75) is 427 Å². The number of aliphatic hydroxyl groups excluding tert-OH is 1. The molecule has 6 atom stereocenters. The fourth-order valence-corrected chi connectivity index (χ4v) is 13.8. The maximum atomic E-state index is 13.1. The zero-order valence-corrected chi connectivity index (χ0v) is 66.9. The van der Waals surface area contributed by atoms with Crippen LogP contribution in [0, 0.1) is 23.7 Å². The van der Waals surface area contributed by atoms with Crippen LogP contribution in [0.1, 0.15) is 409 Å². The number of aliphatic hydroxyl groups is 1. The molecule has 0 aliphatic rings. The third-order valence-electron chi connectivity index (χ3n) is 18.9. The van der Waals surface area contributed by atoms with Gasteiger partial charge in [0.15, 0.2) is 12.2 Å². The summed E-state index contributed by atoms with van der Waals surface area (Å²) in [6.45, 7) is 14.3. The Bertz CT molecular complexity index is 1940. The molecule has 588 valence electrons. The molecule has 0 bridgehead atoms. The van der Waals surface area contributed by atoms with Crippen molar-refractivity contribution in [3.8, 4) is 0 Å².